The predicted molar refractivity (Wildman–Crippen MR) is 205 cm³/mol. The molecule has 252 valence electrons. The van der Waals surface area contributed by atoms with Gasteiger partial charge in [0.05, 0.1) is 0 Å². The summed E-state index contributed by atoms with van der Waals surface area (Å²) in [7, 11) is 0. The van der Waals surface area contributed by atoms with Gasteiger partial charge in [0.25, 0.3) is 0 Å². The number of nitrogens with one attached hydrogen (secondary N) is 1. The van der Waals surface area contributed by atoms with Gasteiger partial charge in [0.2, 0.25) is 0 Å². The molecule has 1 nitrogen and oxygen atoms in total. The molecule has 0 aromatic rings. The van der Waals surface area contributed by atoms with E-state index >= 15 is 0 Å². The first kappa shape index (κ1) is 42.7. The van der Waals surface area contributed by atoms with Crippen molar-refractivity contribution < 1.29 is 0 Å². The van der Waals surface area contributed by atoms with E-state index < -0.39 is 0 Å². The zero-order valence-electron chi connectivity index (χ0n) is 28.4. The summed E-state index contributed by atoms with van der Waals surface area (Å²) in [6.07, 6.45) is 50.9. The SMILES string of the molecule is S=C(S)NCCCCCCCCCCCCCCCCCCCCCCCCCCCCCCCCCCCCCBr. The van der Waals surface area contributed by atoms with Crippen molar-refractivity contribution in [3.63, 3.8) is 0 Å². The van der Waals surface area contributed by atoms with Crippen molar-refractivity contribution in [2.24, 2.45) is 0 Å². The van der Waals surface area contributed by atoms with E-state index in [2.05, 4.69) is 33.9 Å². The molecule has 0 saturated carbocycles. The quantitative estimate of drug-likeness (QED) is 0.0291. The molecule has 4 heteroatoms. The normalized spacial score (nSPS) is 11.4. The van der Waals surface area contributed by atoms with Crippen LogP contribution < -0.4 is 5.32 Å². The number of hydrogen-bond donors (Lipinski definition) is 2. The van der Waals surface area contributed by atoms with Gasteiger partial charge in [-0.1, -0.05) is 240 Å². The third kappa shape index (κ3) is 40.7. The fraction of sp³-hybridized carbons (Fsp3) is 0.974. The first-order valence-corrected chi connectivity index (χ1v) is 21.3. The van der Waals surface area contributed by atoms with Gasteiger partial charge < -0.3 is 5.32 Å². The summed E-state index contributed by atoms with van der Waals surface area (Å²) in [5.74, 6) is 0. The summed E-state index contributed by atoms with van der Waals surface area (Å²) in [6.45, 7) is 0.988. The van der Waals surface area contributed by atoms with Gasteiger partial charge in [0.1, 0.15) is 4.32 Å². The zero-order chi connectivity index (χ0) is 30.4. The van der Waals surface area contributed by atoms with Crippen molar-refractivity contribution in [3.05, 3.63) is 0 Å². The van der Waals surface area contributed by atoms with Crippen LogP contribution in [0.25, 0.3) is 0 Å². The molecule has 0 rings (SSSR count). The van der Waals surface area contributed by atoms with Crippen LogP contribution in [0.4, 0.5) is 0 Å². The first-order valence-electron chi connectivity index (χ1n) is 19.3. The van der Waals surface area contributed by atoms with E-state index in [1.54, 1.807) is 0 Å². The van der Waals surface area contributed by atoms with Gasteiger partial charge >= 0.3 is 0 Å². The topological polar surface area (TPSA) is 12.0 Å². The van der Waals surface area contributed by atoms with Gasteiger partial charge in [0, 0.05) is 11.9 Å². The minimum Gasteiger partial charge on any atom is -0.371 e. The molecule has 0 amide bonds. The van der Waals surface area contributed by atoms with Crippen molar-refractivity contribution in [2.45, 2.75) is 225 Å². The van der Waals surface area contributed by atoms with Gasteiger partial charge in [-0.05, 0) is 12.8 Å². The van der Waals surface area contributed by atoms with E-state index in [0.717, 1.165) is 6.54 Å². The number of thiol groups is 1. The molecule has 0 aliphatic rings. The molecular formula is C38H76BrNS2. The largest absolute Gasteiger partial charge is 0.371 e. The Hall–Kier alpha value is 0.720. The third-order valence-corrected chi connectivity index (χ3v) is 9.95. The van der Waals surface area contributed by atoms with E-state index in [-0.39, 0.29) is 0 Å². The highest BCUT2D eigenvalue weighted by molar-refractivity contribution is 9.09. The highest BCUT2D eigenvalue weighted by Crippen LogP contribution is 2.17. The molecule has 0 fully saturated rings. The summed E-state index contributed by atoms with van der Waals surface area (Å²) in [5, 5.41) is 4.30. The first-order chi connectivity index (χ1) is 20.8. The lowest BCUT2D eigenvalue weighted by Crippen LogP contribution is -2.17. The molecule has 0 aromatic carbocycles. The lowest BCUT2D eigenvalue weighted by atomic mass is 10.0. The van der Waals surface area contributed by atoms with Crippen LogP contribution in [0.5, 0.6) is 0 Å². The zero-order valence-corrected chi connectivity index (χ0v) is 31.7. The molecule has 42 heavy (non-hydrogen) atoms. The van der Waals surface area contributed by atoms with Crippen LogP contribution in [0, 0.1) is 0 Å². The second-order valence-electron chi connectivity index (χ2n) is 13.3. The summed E-state index contributed by atoms with van der Waals surface area (Å²) in [4.78, 5) is 0. The molecule has 0 heterocycles. The minimum atomic E-state index is 0.630. The number of alkyl halides is 1. The standard InChI is InChI=1S/C38H76BrNS2/c39-36-34-32-30-28-26-24-22-20-18-16-14-12-10-8-6-4-2-1-3-5-7-9-11-13-15-17-19-21-23-25-27-29-31-33-35-37-40-38(41)42/h1-37H2,(H2,40,41,42). The van der Waals surface area contributed by atoms with E-state index in [4.69, 9.17) is 12.2 Å². The van der Waals surface area contributed by atoms with Crippen LogP contribution in [0.15, 0.2) is 0 Å². The highest BCUT2D eigenvalue weighted by Gasteiger charge is 1.98. The van der Waals surface area contributed by atoms with Crippen LogP contribution in [0.2, 0.25) is 0 Å². The number of hydrogen-bond acceptors (Lipinski definition) is 1. The molecule has 0 aliphatic carbocycles. The second kappa shape index (κ2) is 39.7. The van der Waals surface area contributed by atoms with Crippen molar-refractivity contribution in [2.75, 3.05) is 11.9 Å². The number of thiocarbonyl (C=S) groups is 1. The van der Waals surface area contributed by atoms with Gasteiger partial charge in [-0.2, -0.15) is 0 Å². The molecule has 0 bridgehead atoms. The Morgan fingerprint density at radius 1 is 0.333 bits per heavy atom. The summed E-state index contributed by atoms with van der Waals surface area (Å²) >= 11 is 12.5. The van der Waals surface area contributed by atoms with Gasteiger partial charge in [-0.25, -0.2) is 0 Å². The molecule has 0 aliphatic heterocycles. The van der Waals surface area contributed by atoms with Crippen LogP contribution in [-0.2, 0) is 0 Å². The fourth-order valence-electron chi connectivity index (χ4n) is 6.25. The number of halogens is 1. The van der Waals surface area contributed by atoms with E-state index in [9.17, 15) is 0 Å². The van der Waals surface area contributed by atoms with Crippen molar-refractivity contribution in [1.29, 1.82) is 0 Å². The second-order valence-corrected chi connectivity index (χ2v) is 15.2. The van der Waals surface area contributed by atoms with Gasteiger partial charge in [-0.3, -0.25) is 0 Å². The average molecular weight is 691 g/mol. The Morgan fingerprint density at radius 2 is 0.500 bits per heavy atom. The number of unbranched alkanes of at least 4 members (excludes halogenated alkanes) is 34. The maximum absolute atomic E-state index is 4.91. The van der Waals surface area contributed by atoms with Crippen LogP contribution in [0.1, 0.15) is 225 Å². The molecule has 0 radical (unpaired) electrons. The molecule has 0 spiro atoms. The van der Waals surface area contributed by atoms with E-state index in [1.165, 1.54) is 230 Å². The maximum Gasteiger partial charge on any atom is 0.130 e. The third-order valence-electron chi connectivity index (χ3n) is 9.09. The van der Waals surface area contributed by atoms with Gasteiger partial charge in [-0.15, -0.1) is 12.6 Å². The predicted octanol–water partition coefficient (Wildman–Crippen LogP) is 14.8. The Kier molecular flexibility index (Phi) is 40.4. The average Bonchev–Trinajstić information content (AvgIpc) is 2.98. The molecule has 0 aromatic heterocycles. The smallest absolute Gasteiger partial charge is 0.130 e. The highest BCUT2D eigenvalue weighted by atomic mass is 79.9. The number of rotatable bonds is 37. The molecule has 0 unspecified atom stereocenters. The summed E-state index contributed by atoms with van der Waals surface area (Å²) in [6, 6.07) is 0. The molecule has 0 atom stereocenters. The fourth-order valence-corrected chi connectivity index (χ4v) is 6.86. The van der Waals surface area contributed by atoms with E-state index in [1.807, 2.05) is 0 Å². The Labute approximate surface area is 285 Å². The Bertz CT molecular complexity index is 501. The van der Waals surface area contributed by atoms with Gasteiger partial charge in [0.15, 0.2) is 0 Å². The molecular weight excluding hydrogens is 614 g/mol. The summed E-state index contributed by atoms with van der Waals surface area (Å²) in [5.41, 5.74) is 0. The molecule has 1 N–H and O–H groups in total. The van der Waals surface area contributed by atoms with Crippen molar-refractivity contribution in [3.8, 4) is 0 Å². The maximum atomic E-state index is 4.91. The minimum absolute atomic E-state index is 0.630. The van der Waals surface area contributed by atoms with E-state index in [0.29, 0.717) is 4.32 Å². The van der Waals surface area contributed by atoms with Crippen molar-refractivity contribution >= 4 is 45.1 Å². The lowest BCUT2D eigenvalue weighted by molar-refractivity contribution is 0.511. The van der Waals surface area contributed by atoms with Crippen LogP contribution >= 0.6 is 40.8 Å². The Morgan fingerprint density at radius 3 is 0.667 bits per heavy atom. The Balaban J connectivity index is 3.03. The lowest BCUT2D eigenvalue weighted by Gasteiger charge is -2.05. The summed E-state index contributed by atoms with van der Waals surface area (Å²) < 4.78 is 0.630. The van der Waals surface area contributed by atoms with Crippen molar-refractivity contribution in [1.82, 2.24) is 5.32 Å². The van der Waals surface area contributed by atoms with Crippen LogP contribution in [-0.4, -0.2) is 16.2 Å². The monoisotopic (exact) mass is 689 g/mol. The molecule has 0 saturated heterocycles. The van der Waals surface area contributed by atoms with Crippen LogP contribution in [0.3, 0.4) is 0 Å².